The van der Waals surface area contributed by atoms with Gasteiger partial charge in [0.25, 0.3) is 0 Å². The number of aliphatic hydroxyl groups excluding tert-OH is 1. The van der Waals surface area contributed by atoms with E-state index in [2.05, 4.69) is 0 Å². The lowest BCUT2D eigenvalue weighted by Gasteiger charge is -2.62. The molecule has 5 rings (SSSR count). The number of hydrogen-bond acceptors (Lipinski definition) is 7. The number of allylic oxidation sites excluding steroid dienone is 4. The molecule has 10 heteroatoms. The lowest BCUT2D eigenvalue weighted by atomic mass is 9.44. The molecule has 4 fully saturated rings. The first-order chi connectivity index (χ1) is 18.8. The summed E-state index contributed by atoms with van der Waals surface area (Å²) in [5.74, 6) is -4.07. The first-order valence-electron chi connectivity index (χ1n) is 14.3. The number of fused-ring (bicyclic) bond motifs is 5. The molecule has 0 spiro atoms. The van der Waals surface area contributed by atoms with Gasteiger partial charge in [-0.05, 0) is 75.5 Å². The molecule has 0 aromatic heterocycles. The van der Waals surface area contributed by atoms with E-state index in [1.54, 1.807) is 20.8 Å². The SMILES string of the molecule is CC(OC(=O)OC1(C(=O)OCF)[C@H](C)C[C@H]2[C@@H]3C[C@H](F)C4=CC(=O)C=C[C@]4(C)[C@@]3(F)[C@@H](O)C[C@@]21C)C1CCCC1. The summed E-state index contributed by atoms with van der Waals surface area (Å²) in [6.07, 6.45) is 1.94. The van der Waals surface area contributed by atoms with E-state index in [1.807, 2.05) is 0 Å². The number of ether oxygens (including phenoxy) is 3. The summed E-state index contributed by atoms with van der Waals surface area (Å²) < 4.78 is 62.8. The van der Waals surface area contributed by atoms with Crippen LogP contribution in [0.3, 0.4) is 0 Å². The predicted molar refractivity (Wildman–Crippen MR) is 137 cm³/mol. The Morgan fingerprint density at radius 2 is 1.85 bits per heavy atom. The first kappa shape index (κ1) is 29.1. The molecule has 0 aromatic carbocycles. The molecular formula is C30H39F3O7. The maximum Gasteiger partial charge on any atom is 0.509 e. The molecule has 1 N–H and O–H groups in total. The number of halogens is 3. The summed E-state index contributed by atoms with van der Waals surface area (Å²) in [7, 11) is 0. The van der Waals surface area contributed by atoms with E-state index >= 15 is 8.78 Å². The molecule has 4 saturated carbocycles. The number of carbonyl (C=O) groups excluding carboxylic acids is 3. The second-order valence-electron chi connectivity index (χ2n) is 13.0. The van der Waals surface area contributed by atoms with Crippen molar-refractivity contribution in [1.29, 1.82) is 0 Å². The molecule has 5 aliphatic rings. The van der Waals surface area contributed by atoms with Crippen molar-refractivity contribution < 1.29 is 46.9 Å². The molecule has 40 heavy (non-hydrogen) atoms. The Labute approximate surface area is 232 Å². The quantitative estimate of drug-likeness (QED) is 0.438. The molecule has 7 nitrogen and oxygen atoms in total. The Balaban J connectivity index is 1.54. The van der Waals surface area contributed by atoms with Gasteiger partial charge in [-0.3, -0.25) is 4.79 Å². The van der Waals surface area contributed by atoms with E-state index in [-0.39, 0.29) is 30.8 Å². The average Bonchev–Trinajstić information content (AvgIpc) is 3.50. The van der Waals surface area contributed by atoms with Crippen molar-refractivity contribution >= 4 is 17.9 Å². The van der Waals surface area contributed by atoms with Gasteiger partial charge in [0.2, 0.25) is 12.5 Å². The standard InChI is InChI=1S/C30H39F3O7/c1-16-11-20-21-13-23(32)22-12-19(34)9-10-27(22,3)29(21,33)24(35)14-28(20,4)30(16,25(36)38-15-31)40-26(37)39-17(2)18-7-5-6-8-18/h9-10,12,16-18,20-21,23-24,35H,5-8,11,13-15H2,1-4H3/t16-,17?,20+,21+,23+,24+,27+,28+,29+,30?/m1/s1. The van der Waals surface area contributed by atoms with Crippen molar-refractivity contribution in [3.8, 4) is 0 Å². The highest BCUT2D eigenvalue weighted by molar-refractivity contribution is 6.01. The highest BCUT2D eigenvalue weighted by atomic mass is 19.1. The van der Waals surface area contributed by atoms with Crippen LogP contribution in [0.5, 0.6) is 0 Å². The third-order valence-electron chi connectivity index (χ3n) is 11.2. The number of carbonyl (C=O) groups is 3. The summed E-state index contributed by atoms with van der Waals surface area (Å²) in [5, 5.41) is 11.5. The van der Waals surface area contributed by atoms with E-state index in [1.165, 1.54) is 19.1 Å². The van der Waals surface area contributed by atoms with E-state index in [0.29, 0.717) is 0 Å². The molecule has 0 aliphatic heterocycles. The molecule has 5 aliphatic carbocycles. The third kappa shape index (κ3) is 3.83. The summed E-state index contributed by atoms with van der Waals surface area (Å²) in [6.45, 7) is 4.99. The van der Waals surface area contributed by atoms with Crippen LogP contribution in [0.2, 0.25) is 0 Å². The van der Waals surface area contributed by atoms with Crippen LogP contribution in [0, 0.1) is 34.5 Å². The maximum atomic E-state index is 17.4. The van der Waals surface area contributed by atoms with Crippen LogP contribution in [0.4, 0.5) is 18.0 Å². The third-order valence-corrected chi connectivity index (χ3v) is 11.2. The van der Waals surface area contributed by atoms with Gasteiger partial charge in [-0.25, -0.2) is 22.8 Å². The molecule has 0 amide bonds. The van der Waals surface area contributed by atoms with Gasteiger partial charge in [-0.15, -0.1) is 0 Å². The zero-order valence-corrected chi connectivity index (χ0v) is 23.5. The minimum Gasteiger partial charge on any atom is -0.431 e. The van der Waals surface area contributed by atoms with E-state index in [9.17, 15) is 23.9 Å². The largest absolute Gasteiger partial charge is 0.509 e. The summed E-state index contributed by atoms with van der Waals surface area (Å²) in [4.78, 5) is 38.8. The number of hydrogen-bond donors (Lipinski definition) is 1. The molecule has 2 unspecified atom stereocenters. The Kier molecular flexibility index (Phi) is 7.20. The van der Waals surface area contributed by atoms with Crippen LogP contribution >= 0.6 is 0 Å². The first-order valence-corrected chi connectivity index (χ1v) is 14.3. The van der Waals surface area contributed by atoms with E-state index < -0.39 is 83.0 Å². The maximum absolute atomic E-state index is 17.4. The lowest BCUT2D eigenvalue weighted by Crippen LogP contribution is -2.71. The number of esters is 1. The van der Waals surface area contributed by atoms with Gasteiger partial charge in [0.05, 0.1) is 6.10 Å². The highest BCUT2D eigenvalue weighted by Crippen LogP contribution is 2.71. The Morgan fingerprint density at radius 1 is 1.18 bits per heavy atom. The second-order valence-corrected chi connectivity index (χ2v) is 13.0. The van der Waals surface area contributed by atoms with Gasteiger partial charge in [0.1, 0.15) is 12.3 Å². The molecule has 0 saturated heterocycles. The molecule has 0 aromatic rings. The number of rotatable bonds is 5. The monoisotopic (exact) mass is 568 g/mol. The second kappa shape index (κ2) is 9.88. The summed E-state index contributed by atoms with van der Waals surface area (Å²) >= 11 is 0. The van der Waals surface area contributed by atoms with Crippen LogP contribution < -0.4 is 0 Å². The Hall–Kier alpha value is -2.36. The van der Waals surface area contributed by atoms with Crippen LogP contribution in [-0.2, 0) is 23.8 Å². The van der Waals surface area contributed by atoms with Crippen LogP contribution in [-0.4, -0.2) is 59.5 Å². The topological polar surface area (TPSA) is 99.1 Å². The fourth-order valence-electron chi connectivity index (χ4n) is 9.20. The van der Waals surface area contributed by atoms with Gasteiger partial charge in [0, 0.05) is 22.7 Å². The molecule has 222 valence electrons. The number of aliphatic hydroxyl groups is 1. The van der Waals surface area contributed by atoms with Gasteiger partial charge >= 0.3 is 12.1 Å². The molecule has 0 radical (unpaired) electrons. The van der Waals surface area contributed by atoms with Crippen molar-refractivity contribution in [2.24, 2.45) is 34.5 Å². The van der Waals surface area contributed by atoms with Crippen LogP contribution in [0.15, 0.2) is 23.8 Å². The minimum absolute atomic E-state index is 0.0173. The summed E-state index contributed by atoms with van der Waals surface area (Å²) in [6, 6.07) is 0. The van der Waals surface area contributed by atoms with Crippen molar-refractivity contribution in [2.45, 2.75) is 102 Å². The van der Waals surface area contributed by atoms with E-state index in [4.69, 9.17) is 14.2 Å². The minimum atomic E-state index is -2.37. The smallest absolute Gasteiger partial charge is 0.431 e. The van der Waals surface area contributed by atoms with Crippen LogP contribution in [0.1, 0.15) is 72.6 Å². The van der Waals surface area contributed by atoms with Crippen molar-refractivity contribution in [3.05, 3.63) is 23.8 Å². The van der Waals surface area contributed by atoms with Gasteiger partial charge < -0.3 is 19.3 Å². The van der Waals surface area contributed by atoms with Gasteiger partial charge in [-0.2, -0.15) is 0 Å². The fraction of sp³-hybridized carbons (Fsp3) is 0.767. The molecule has 10 atom stereocenters. The average molecular weight is 569 g/mol. The summed E-state index contributed by atoms with van der Waals surface area (Å²) in [5.41, 5.74) is -7.52. The Morgan fingerprint density at radius 3 is 2.50 bits per heavy atom. The number of ketones is 1. The van der Waals surface area contributed by atoms with Crippen molar-refractivity contribution in [3.63, 3.8) is 0 Å². The zero-order valence-electron chi connectivity index (χ0n) is 23.5. The van der Waals surface area contributed by atoms with Gasteiger partial charge in [-0.1, -0.05) is 32.8 Å². The highest BCUT2D eigenvalue weighted by Gasteiger charge is 2.79. The fourth-order valence-corrected chi connectivity index (χ4v) is 9.20. The molecule has 0 bridgehead atoms. The van der Waals surface area contributed by atoms with Gasteiger partial charge in [0.15, 0.2) is 11.5 Å². The van der Waals surface area contributed by atoms with Crippen LogP contribution in [0.25, 0.3) is 0 Å². The molecular weight excluding hydrogens is 529 g/mol. The van der Waals surface area contributed by atoms with Crippen molar-refractivity contribution in [1.82, 2.24) is 0 Å². The van der Waals surface area contributed by atoms with E-state index in [0.717, 1.165) is 31.8 Å². The normalized spacial score (nSPS) is 45.1. The van der Waals surface area contributed by atoms with Crippen molar-refractivity contribution in [2.75, 3.05) is 6.86 Å². The zero-order chi connectivity index (χ0) is 29.3. The molecule has 0 heterocycles. The lowest BCUT2D eigenvalue weighted by molar-refractivity contribution is -0.235. The Bertz CT molecular complexity index is 1130. The predicted octanol–water partition coefficient (Wildman–Crippen LogP) is 5.49. The number of alkyl halides is 3.